The van der Waals surface area contributed by atoms with Gasteiger partial charge in [0.25, 0.3) is 0 Å². The predicted molar refractivity (Wildman–Crippen MR) is 94.9 cm³/mol. The van der Waals surface area contributed by atoms with Gasteiger partial charge >= 0.3 is 11.2 Å². The van der Waals surface area contributed by atoms with Crippen molar-refractivity contribution in [2.24, 2.45) is 0 Å². The molecule has 0 unspecified atom stereocenters. The van der Waals surface area contributed by atoms with Crippen LogP contribution in [0.1, 0.15) is 5.56 Å². The van der Waals surface area contributed by atoms with Crippen LogP contribution in [0.25, 0.3) is 17.1 Å². The molecule has 0 radical (unpaired) electrons. The Bertz CT molecular complexity index is 1020. The molecule has 3 aromatic rings. The summed E-state index contributed by atoms with van der Waals surface area (Å²) in [5.74, 6) is -0.407. The van der Waals surface area contributed by atoms with E-state index >= 15 is 0 Å². The smallest absolute Gasteiger partial charge is 0.322 e. The summed E-state index contributed by atoms with van der Waals surface area (Å²) >= 11 is -0.193. The highest BCUT2D eigenvalue weighted by Gasteiger charge is 2.28. The third-order valence-corrected chi connectivity index (χ3v) is 4.06. The molecule has 0 bridgehead atoms. The molecule has 3 N–H and O–H groups in total. The average Bonchev–Trinajstić information content (AvgIpc) is 2.92. The van der Waals surface area contributed by atoms with Crippen molar-refractivity contribution in [3.63, 3.8) is 0 Å². The summed E-state index contributed by atoms with van der Waals surface area (Å²) < 4.78 is 36.8. The van der Waals surface area contributed by atoms with Crippen molar-refractivity contribution in [3.8, 4) is 0 Å². The first-order valence-electron chi connectivity index (χ1n) is 7.35. The van der Waals surface area contributed by atoms with Gasteiger partial charge in [-0.2, -0.15) is 13.2 Å². The van der Waals surface area contributed by atoms with Gasteiger partial charge in [-0.3, -0.25) is 4.79 Å². The summed E-state index contributed by atoms with van der Waals surface area (Å²) in [5.41, 5.74) is -2.39. The van der Waals surface area contributed by atoms with E-state index in [9.17, 15) is 22.8 Å². The summed E-state index contributed by atoms with van der Waals surface area (Å²) in [6.45, 7) is 0. The van der Waals surface area contributed by atoms with Crippen molar-refractivity contribution in [1.82, 2.24) is 9.97 Å². The van der Waals surface area contributed by atoms with Gasteiger partial charge in [-0.05, 0) is 53.7 Å². The molecular weight excluding hydrogens is 367 g/mol. The molecule has 1 aromatic heterocycles. The lowest BCUT2D eigenvalue weighted by atomic mass is 10.2. The first-order valence-corrected chi connectivity index (χ1v) is 8.17. The van der Waals surface area contributed by atoms with Gasteiger partial charge < -0.3 is 15.3 Å². The normalized spacial score (nSPS) is 12.0. The van der Waals surface area contributed by atoms with Crippen molar-refractivity contribution in [2.75, 3.05) is 5.32 Å². The number of imidazole rings is 1. The molecule has 0 fully saturated rings. The first kappa shape index (κ1) is 17.9. The number of carbonyl (C=O) groups excluding carboxylic acids is 1. The highest BCUT2D eigenvalue weighted by molar-refractivity contribution is 8.00. The molecule has 3 rings (SSSR count). The lowest BCUT2D eigenvalue weighted by Gasteiger charge is -2.05. The summed E-state index contributed by atoms with van der Waals surface area (Å²) in [4.78, 5) is 28.4. The Hall–Kier alpha value is -2.94. The van der Waals surface area contributed by atoms with E-state index in [-0.39, 0.29) is 22.3 Å². The molecule has 5 nitrogen and oxygen atoms in total. The molecule has 0 atom stereocenters. The van der Waals surface area contributed by atoms with E-state index in [1.807, 2.05) is 0 Å². The number of fused-ring (bicyclic) bond motifs is 1. The number of rotatable bonds is 4. The molecule has 2 aromatic carbocycles. The summed E-state index contributed by atoms with van der Waals surface area (Å²) in [6, 6.07) is 10.6. The van der Waals surface area contributed by atoms with Crippen LogP contribution in [0, 0.1) is 0 Å². The zero-order valence-electron chi connectivity index (χ0n) is 13.1. The Labute approximate surface area is 149 Å². The highest BCUT2D eigenvalue weighted by Crippen LogP contribution is 2.36. The summed E-state index contributed by atoms with van der Waals surface area (Å²) in [5, 5.41) is 2.64. The van der Waals surface area contributed by atoms with Gasteiger partial charge in [0.05, 0.1) is 11.0 Å². The third kappa shape index (κ3) is 4.79. The van der Waals surface area contributed by atoms with Crippen LogP contribution in [0.4, 0.5) is 18.9 Å². The predicted octanol–water partition coefficient (Wildman–Crippen LogP) is 4.12. The number of alkyl halides is 3. The fourth-order valence-electron chi connectivity index (χ4n) is 2.25. The molecule has 0 saturated heterocycles. The molecule has 0 spiro atoms. The number of anilines is 1. The van der Waals surface area contributed by atoms with Crippen molar-refractivity contribution < 1.29 is 18.0 Å². The van der Waals surface area contributed by atoms with E-state index < -0.39 is 11.4 Å². The van der Waals surface area contributed by atoms with Gasteiger partial charge in [-0.25, -0.2) is 4.79 Å². The molecule has 134 valence electrons. The molecule has 1 heterocycles. The molecule has 9 heteroatoms. The minimum absolute atomic E-state index is 0.0768. The molecule has 0 saturated carbocycles. The monoisotopic (exact) mass is 379 g/mol. The number of halogens is 3. The number of benzene rings is 2. The standard InChI is InChI=1S/C17H12F3N3O2S/c18-17(19,20)26-12-5-1-10(2-6-12)3-8-15(24)21-11-4-7-13-14(9-11)23-16(25)22-13/h1-9H,(H,21,24)(H2,22,23,25)/b8-3+. The van der Waals surface area contributed by atoms with Crippen LogP contribution in [0.15, 0.2) is 58.2 Å². The van der Waals surface area contributed by atoms with Crippen LogP contribution in [0.5, 0.6) is 0 Å². The Balaban J connectivity index is 1.63. The van der Waals surface area contributed by atoms with Crippen LogP contribution >= 0.6 is 11.8 Å². The highest BCUT2D eigenvalue weighted by atomic mass is 32.2. The number of thioether (sulfide) groups is 1. The Morgan fingerprint density at radius 2 is 1.73 bits per heavy atom. The minimum atomic E-state index is -4.33. The maximum absolute atomic E-state index is 12.3. The van der Waals surface area contributed by atoms with Gasteiger partial charge in [0.15, 0.2) is 0 Å². The van der Waals surface area contributed by atoms with E-state index in [2.05, 4.69) is 15.3 Å². The molecule has 26 heavy (non-hydrogen) atoms. The lowest BCUT2D eigenvalue weighted by Crippen LogP contribution is -2.07. The van der Waals surface area contributed by atoms with E-state index in [1.165, 1.54) is 36.4 Å². The molecule has 0 aliphatic heterocycles. The minimum Gasteiger partial charge on any atom is -0.322 e. The van der Waals surface area contributed by atoms with Crippen LogP contribution < -0.4 is 11.0 Å². The number of carbonyl (C=O) groups is 1. The van der Waals surface area contributed by atoms with Crippen molar-refractivity contribution in [3.05, 3.63) is 64.6 Å². The maximum atomic E-state index is 12.3. The van der Waals surface area contributed by atoms with E-state index in [0.29, 0.717) is 22.3 Å². The Kier molecular flexibility index (Phi) is 4.90. The topological polar surface area (TPSA) is 77.8 Å². The lowest BCUT2D eigenvalue weighted by molar-refractivity contribution is -0.111. The summed E-state index contributed by atoms with van der Waals surface area (Å²) in [6.07, 6.45) is 2.77. The second-order valence-corrected chi connectivity index (χ2v) is 6.42. The Morgan fingerprint density at radius 3 is 2.42 bits per heavy atom. The van der Waals surface area contributed by atoms with Crippen LogP contribution in [0.3, 0.4) is 0 Å². The Morgan fingerprint density at radius 1 is 1.04 bits per heavy atom. The van der Waals surface area contributed by atoms with Crippen LogP contribution in [-0.4, -0.2) is 21.4 Å². The van der Waals surface area contributed by atoms with Gasteiger partial charge in [-0.15, -0.1) is 0 Å². The number of hydrogen-bond donors (Lipinski definition) is 3. The van der Waals surface area contributed by atoms with Crippen molar-refractivity contribution in [2.45, 2.75) is 10.4 Å². The molecule has 0 aliphatic carbocycles. The van der Waals surface area contributed by atoms with Crippen molar-refractivity contribution >= 4 is 40.5 Å². The van der Waals surface area contributed by atoms with Gasteiger partial charge in [0, 0.05) is 16.7 Å². The number of aromatic amines is 2. The third-order valence-electron chi connectivity index (χ3n) is 3.32. The molecule has 0 aliphatic rings. The SMILES string of the molecule is O=C(/C=C/c1ccc(SC(F)(F)F)cc1)Nc1ccc2[nH]c(=O)[nH]c2c1. The zero-order chi connectivity index (χ0) is 18.7. The van der Waals surface area contributed by atoms with Crippen LogP contribution in [-0.2, 0) is 4.79 Å². The largest absolute Gasteiger partial charge is 0.446 e. The van der Waals surface area contributed by atoms with Gasteiger partial charge in [0.2, 0.25) is 5.91 Å². The van der Waals surface area contributed by atoms with E-state index in [4.69, 9.17) is 0 Å². The van der Waals surface area contributed by atoms with E-state index in [1.54, 1.807) is 18.2 Å². The number of amides is 1. The van der Waals surface area contributed by atoms with Gasteiger partial charge in [-0.1, -0.05) is 12.1 Å². The molecular formula is C17H12F3N3O2S. The van der Waals surface area contributed by atoms with Crippen molar-refractivity contribution in [1.29, 1.82) is 0 Å². The second-order valence-electron chi connectivity index (χ2n) is 5.28. The number of nitrogens with one attached hydrogen (secondary N) is 3. The van der Waals surface area contributed by atoms with Crippen LogP contribution in [0.2, 0.25) is 0 Å². The van der Waals surface area contributed by atoms with Gasteiger partial charge in [0.1, 0.15) is 0 Å². The number of aromatic nitrogens is 2. The van der Waals surface area contributed by atoms with E-state index in [0.717, 1.165) is 0 Å². The fourth-order valence-corrected chi connectivity index (χ4v) is 2.79. The zero-order valence-corrected chi connectivity index (χ0v) is 13.9. The summed E-state index contributed by atoms with van der Waals surface area (Å²) in [7, 11) is 0. The average molecular weight is 379 g/mol. The quantitative estimate of drug-likeness (QED) is 0.471. The maximum Gasteiger partial charge on any atom is 0.446 e. The number of H-pyrrole nitrogens is 2. The fraction of sp³-hybridized carbons (Fsp3) is 0.0588. The number of hydrogen-bond acceptors (Lipinski definition) is 3. The second kappa shape index (κ2) is 7.12. The molecule has 1 amide bonds. The first-order chi connectivity index (χ1) is 12.3.